The average molecular weight is 340 g/mol. The van der Waals surface area contributed by atoms with E-state index in [1.807, 2.05) is 0 Å². The van der Waals surface area contributed by atoms with E-state index in [-0.39, 0.29) is 19.7 Å². The molecule has 4 amide bonds. The minimum Gasteiger partial charge on any atom is -0.382 e. The van der Waals surface area contributed by atoms with Crippen LogP contribution in [-0.4, -0.2) is 48.5 Å². The van der Waals surface area contributed by atoms with Crippen LogP contribution in [-0.2, 0) is 20.9 Å². The predicted molar refractivity (Wildman–Crippen MR) is 83.8 cm³/mol. The predicted octanol–water partition coefficient (Wildman–Crippen LogP) is 0.913. The van der Waals surface area contributed by atoms with Gasteiger partial charge in [0, 0.05) is 18.7 Å². The minimum atomic E-state index is -1.14. The van der Waals surface area contributed by atoms with Crippen molar-refractivity contribution in [3.05, 3.63) is 34.9 Å². The lowest BCUT2D eigenvalue weighted by atomic mass is 10.0. The van der Waals surface area contributed by atoms with Gasteiger partial charge in [0.15, 0.2) is 0 Å². The molecule has 1 fully saturated rings. The highest BCUT2D eigenvalue weighted by atomic mass is 35.5. The Balaban J connectivity index is 1.91. The van der Waals surface area contributed by atoms with Gasteiger partial charge in [-0.1, -0.05) is 23.7 Å². The zero-order chi connectivity index (χ0) is 17.0. The number of nitrogens with one attached hydrogen (secondary N) is 2. The van der Waals surface area contributed by atoms with Crippen molar-refractivity contribution >= 4 is 29.4 Å². The highest BCUT2D eigenvalue weighted by Gasteiger charge is 2.48. The molecule has 2 rings (SSSR count). The van der Waals surface area contributed by atoms with Crippen molar-refractivity contribution in [2.45, 2.75) is 19.0 Å². The Morgan fingerprint density at radius 2 is 2.00 bits per heavy atom. The fourth-order valence-electron chi connectivity index (χ4n) is 2.28. The van der Waals surface area contributed by atoms with Crippen LogP contribution in [0.1, 0.15) is 12.5 Å². The summed E-state index contributed by atoms with van der Waals surface area (Å²) in [6.07, 6.45) is 0. The molecule has 1 aromatic rings. The fraction of sp³-hybridized carbons (Fsp3) is 0.400. The molecule has 1 heterocycles. The zero-order valence-corrected chi connectivity index (χ0v) is 13.6. The van der Waals surface area contributed by atoms with Crippen molar-refractivity contribution in [1.29, 1.82) is 0 Å². The molecule has 0 saturated carbocycles. The number of carbonyl (C=O) groups is 3. The van der Waals surface area contributed by atoms with E-state index in [9.17, 15) is 14.4 Å². The summed E-state index contributed by atoms with van der Waals surface area (Å²) in [6, 6.07) is 6.40. The minimum absolute atomic E-state index is 0.0421. The van der Waals surface area contributed by atoms with Crippen molar-refractivity contribution in [3.63, 3.8) is 0 Å². The highest BCUT2D eigenvalue weighted by molar-refractivity contribution is 6.30. The van der Waals surface area contributed by atoms with Crippen LogP contribution < -0.4 is 10.6 Å². The second-order valence-electron chi connectivity index (χ2n) is 5.49. The number of rotatable bonds is 6. The number of hydrogen-bond donors (Lipinski definition) is 2. The third kappa shape index (κ3) is 4.00. The van der Waals surface area contributed by atoms with Gasteiger partial charge in [0.05, 0.1) is 6.61 Å². The molecule has 7 nitrogen and oxygen atoms in total. The van der Waals surface area contributed by atoms with Gasteiger partial charge in [-0.2, -0.15) is 0 Å². The van der Waals surface area contributed by atoms with E-state index in [1.54, 1.807) is 31.2 Å². The number of urea groups is 1. The summed E-state index contributed by atoms with van der Waals surface area (Å²) in [5, 5.41) is 5.80. The highest BCUT2D eigenvalue weighted by Crippen LogP contribution is 2.17. The van der Waals surface area contributed by atoms with Crippen LogP contribution in [0.4, 0.5) is 4.79 Å². The van der Waals surface area contributed by atoms with Crippen LogP contribution in [0, 0.1) is 0 Å². The third-order valence-corrected chi connectivity index (χ3v) is 3.73. The zero-order valence-electron chi connectivity index (χ0n) is 12.9. The van der Waals surface area contributed by atoms with Crippen LogP contribution in [0.15, 0.2) is 24.3 Å². The Morgan fingerprint density at radius 1 is 1.35 bits per heavy atom. The molecule has 1 aliphatic rings. The van der Waals surface area contributed by atoms with Crippen LogP contribution in [0.5, 0.6) is 0 Å². The van der Waals surface area contributed by atoms with Crippen molar-refractivity contribution in [2.75, 3.05) is 20.3 Å². The molecule has 0 aromatic heterocycles. The molecule has 8 heteroatoms. The molecular weight excluding hydrogens is 322 g/mol. The molecular formula is C15H18ClN3O4. The first kappa shape index (κ1) is 17.2. The van der Waals surface area contributed by atoms with E-state index in [4.69, 9.17) is 16.3 Å². The summed E-state index contributed by atoms with van der Waals surface area (Å²) in [5.41, 5.74) is -0.272. The van der Waals surface area contributed by atoms with Crippen LogP contribution in [0.3, 0.4) is 0 Å². The molecule has 2 N–H and O–H groups in total. The van der Waals surface area contributed by atoms with Gasteiger partial charge in [0.25, 0.3) is 5.91 Å². The molecule has 0 aliphatic carbocycles. The number of hydrogen-bond acceptors (Lipinski definition) is 4. The van der Waals surface area contributed by atoms with Gasteiger partial charge in [-0.15, -0.1) is 0 Å². The molecule has 0 spiro atoms. The number of ether oxygens (including phenoxy) is 1. The molecule has 1 aromatic carbocycles. The molecule has 1 saturated heterocycles. The van der Waals surface area contributed by atoms with E-state index >= 15 is 0 Å². The lowest BCUT2D eigenvalue weighted by Gasteiger charge is -2.20. The van der Waals surface area contributed by atoms with Crippen molar-refractivity contribution in [1.82, 2.24) is 15.5 Å². The third-order valence-electron chi connectivity index (χ3n) is 3.48. The van der Waals surface area contributed by atoms with Crippen molar-refractivity contribution in [2.24, 2.45) is 0 Å². The SMILES string of the molecule is COC[C@]1(C)NC(=O)N(CC(=O)NCc2ccc(Cl)cc2)C1=O. The van der Waals surface area contributed by atoms with Gasteiger partial charge < -0.3 is 15.4 Å². The van der Waals surface area contributed by atoms with E-state index in [0.29, 0.717) is 5.02 Å². The fourth-order valence-corrected chi connectivity index (χ4v) is 2.41. The second kappa shape index (κ2) is 6.97. The van der Waals surface area contributed by atoms with E-state index in [1.165, 1.54) is 7.11 Å². The lowest BCUT2D eigenvalue weighted by Crippen LogP contribution is -2.48. The first-order chi connectivity index (χ1) is 10.9. The topological polar surface area (TPSA) is 87.7 Å². The summed E-state index contributed by atoms with van der Waals surface area (Å²) in [4.78, 5) is 37.0. The molecule has 124 valence electrons. The Bertz CT molecular complexity index is 620. The number of halogens is 1. The number of nitrogens with zero attached hydrogens (tertiary/aromatic N) is 1. The molecule has 1 atom stereocenters. The van der Waals surface area contributed by atoms with Crippen molar-refractivity contribution in [3.8, 4) is 0 Å². The van der Waals surface area contributed by atoms with Gasteiger partial charge in [0.1, 0.15) is 12.1 Å². The summed E-state index contributed by atoms with van der Waals surface area (Å²) in [6.45, 7) is 1.55. The van der Waals surface area contributed by atoms with Gasteiger partial charge in [-0.25, -0.2) is 4.79 Å². The van der Waals surface area contributed by atoms with E-state index in [0.717, 1.165) is 10.5 Å². The summed E-state index contributed by atoms with van der Waals surface area (Å²) in [5.74, 6) is -0.906. The van der Waals surface area contributed by atoms with Crippen LogP contribution >= 0.6 is 11.6 Å². The van der Waals surface area contributed by atoms with Gasteiger partial charge in [0.2, 0.25) is 5.91 Å². The molecule has 1 aliphatic heterocycles. The number of imide groups is 1. The van der Waals surface area contributed by atoms with Crippen molar-refractivity contribution < 1.29 is 19.1 Å². The molecule has 0 unspecified atom stereocenters. The monoisotopic (exact) mass is 339 g/mol. The largest absolute Gasteiger partial charge is 0.382 e. The summed E-state index contributed by atoms with van der Waals surface area (Å²) in [7, 11) is 1.44. The second-order valence-corrected chi connectivity index (χ2v) is 5.93. The smallest absolute Gasteiger partial charge is 0.325 e. The Hall–Kier alpha value is -2.12. The first-order valence-corrected chi connectivity index (χ1v) is 7.38. The Kier molecular flexibility index (Phi) is 5.23. The van der Waals surface area contributed by atoms with E-state index < -0.39 is 23.4 Å². The normalized spacial score (nSPS) is 20.6. The van der Waals surface area contributed by atoms with Crippen LogP contribution in [0.25, 0.3) is 0 Å². The molecule has 23 heavy (non-hydrogen) atoms. The van der Waals surface area contributed by atoms with E-state index in [2.05, 4.69) is 10.6 Å². The molecule has 0 radical (unpaired) electrons. The summed E-state index contributed by atoms with van der Waals surface area (Å²) < 4.78 is 4.94. The maximum Gasteiger partial charge on any atom is 0.325 e. The van der Waals surface area contributed by atoms with Gasteiger partial charge >= 0.3 is 6.03 Å². The Morgan fingerprint density at radius 3 is 2.61 bits per heavy atom. The van der Waals surface area contributed by atoms with Gasteiger partial charge in [-0.05, 0) is 24.6 Å². The first-order valence-electron chi connectivity index (χ1n) is 7.00. The number of methoxy groups -OCH3 is 1. The van der Waals surface area contributed by atoms with Crippen LogP contribution in [0.2, 0.25) is 5.02 Å². The number of benzene rings is 1. The number of carbonyl (C=O) groups excluding carboxylic acids is 3. The average Bonchev–Trinajstić information content (AvgIpc) is 2.70. The standard InChI is InChI=1S/C15H18ClN3O4/c1-15(9-23-2)13(21)19(14(22)18-15)8-12(20)17-7-10-3-5-11(16)6-4-10/h3-6H,7-9H2,1-2H3,(H,17,20)(H,18,22)/t15-/m0/s1. The van der Waals surface area contributed by atoms with Gasteiger partial charge in [-0.3, -0.25) is 14.5 Å². The lowest BCUT2D eigenvalue weighted by molar-refractivity contribution is -0.135. The maximum absolute atomic E-state index is 12.2. The molecule has 0 bridgehead atoms. The number of amides is 4. The quantitative estimate of drug-likeness (QED) is 0.754. The Labute approximate surface area is 138 Å². The maximum atomic E-state index is 12.2. The summed E-state index contributed by atoms with van der Waals surface area (Å²) >= 11 is 5.79.